The number of nitrogens with two attached hydrogens (primary N) is 1. The van der Waals surface area contributed by atoms with E-state index in [0.717, 1.165) is 5.56 Å². The Labute approximate surface area is 189 Å². The number of anilines is 1. The van der Waals surface area contributed by atoms with Gasteiger partial charge < -0.3 is 15.0 Å². The molecule has 0 saturated carbocycles. The third-order valence-corrected chi connectivity index (χ3v) is 7.38. The first kappa shape index (κ1) is 21.4. The van der Waals surface area contributed by atoms with Gasteiger partial charge in [0.2, 0.25) is 0 Å². The Morgan fingerprint density at radius 2 is 1.90 bits per heavy atom. The van der Waals surface area contributed by atoms with E-state index in [2.05, 4.69) is 9.97 Å². The number of nitrogens with zero attached hydrogens (tertiary/aromatic N) is 3. The first-order valence-electron chi connectivity index (χ1n) is 9.12. The smallest absolute Gasteiger partial charge is 0.182 e. The molecule has 31 heavy (non-hydrogen) atoms. The zero-order valence-electron chi connectivity index (χ0n) is 16.6. The largest absolute Gasteiger partial charge is 0.495 e. The van der Waals surface area contributed by atoms with Crippen LogP contribution in [0, 0.1) is 0 Å². The van der Waals surface area contributed by atoms with Crippen molar-refractivity contribution in [2.75, 3.05) is 12.8 Å². The van der Waals surface area contributed by atoms with Crippen molar-refractivity contribution < 1.29 is 13.2 Å². The minimum Gasteiger partial charge on any atom is -0.495 e. The third kappa shape index (κ3) is 3.82. The molecule has 7 nitrogen and oxygen atoms in total. The van der Waals surface area contributed by atoms with E-state index in [9.17, 15) is 8.42 Å². The highest BCUT2D eigenvalue weighted by Gasteiger charge is 2.22. The summed E-state index contributed by atoms with van der Waals surface area (Å²) >= 11 is 12.8. The van der Waals surface area contributed by atoms with Gasteiger partial charge in [-0.15, -0.1) is 0 Å². The SMILES string of the molecule is COc1ccc(S(=O)(=O)Cc2cccc(-c3cn(C)c4ncnc(N)c34)c2Cl)cc1Cl. The van der Waals surface area contributed by atoms with Crippen LogP contribution in [-0.4, -0.2) is 30.1 Å². The average molecular weight is 477 g/mol. The van der Waals surface area contributed by atoms with Gasteiger partial charge in [-0.25, -0.2) is 18.4 Å². The first-order chi connectivity index (χ1) is 14.7. The summed E-state index contributed by atoms with van der Waals surface area (Å²) in [6.07, 6.45) is 3.24. The van der Waals surface area contributed by atoms with Crippen LogP contribution in [0.3, 0.4) is 0 Å². The quantitative estimate of drug-likeness (QED) is 0.454. The molecule has 10 heteroatoms. The lowest BCUT2D eigenvalue weighted by atomic mass is 10.0. The fourth-order valence-electron chi connectivity index (χ4n) is 3.47. The lowest BCUT2D eigenvalue weighted by molar-refractivity contribution is 0.414. The van der Waals surface area contributed by atoms with Crippen molar-refractivity contribution in [2.45, 2.75) is 10.6 Å². The van der Waals surface area contributed by atoms with Crippen molar-refractivity contribution in [1.29, 1.82) is 0 Å². The van der Waals surface area contributed by atoms with Gasteiger partial charge in [-0.3, -0.25) is 0 Å². The summed E-state index contributed by atoms with van der Waals surface area (Å²) < 4.78 is 33.0. The van der Waals surface area contributed by atoms with Crippen molar-refractivity contribution in [3.05, 3.63) is 64.5 Å². The Kier molecular flexibility index (Phi) is 5.55. The lowest BCUT2D eigenvalue weighted by Crippen LogP contribution is -2.06. The summed E-state index contributed by atoms with van der Waals surface area (Å²) in [7, 11) is -0.402. The highest BCUT2D eigenvalue weighted by molar-refractivity contribution is 7.90. The number of hydrogen-bond acceptors (Lipinski definition) is 6. The van der Waals surface area contributed by atoms with E-state index >= 15 is 0 Å². The molecule has 2 aromatic carbocycles. The molecule has 4 rings (SSSR count). The normalized spacial score (nSPS) is 11.7. The molecule has 0 aliphatic carbocycles. The van der Waals surface area contributed by atoms with Crippen LogP contribution in [-0.2, 0) is 22.6 Å². The van der Waals surface area contributed by atoms with Crippen molar-refractivity contribution >= 4 is 49.9 Å². The number of hydrogen-bond donors (Lipinski definition) is 1. The van der Waals surface area contributed by atoms with Crippen LogP contribution in [0.4, 0.5) is 5.82 Å². The molecule has 0 saturated heterocycles. The molecule has 0 fully saturated rings. The summed E-state index contributed by atoms with van der Waals surface area (Å²) in [5.74, 6) is 0.429. The Bertz CT molecular complexity index is 1420. The molecule has 0 aliphatic rings. The Morgan fingerprint density at radius 1 is 1.13 bits per heavy atom. The van der Waals surface area contributed by atoms with Gasteiger partial charge in [0, 0.05) is 24.4 Å². The highest BCUT2D eigenvalue weighted by atomic mass is 35.5. The fraction of sp³-hybridized carbons (Fsp3) is 0.143. The van der Waals surface area contributed by atoms with Gasteiger partial charge in [0.25, 0.3) is 0 Å². The highest BCUT2D eigenvalue weighted by Crippen LogP contribution is 2.38. The number of methoxy groups -OCH3 is 1. The van der Waals surface area contributed by atoms with E-state index in [1.54, 1.807) is 12.1 Å². The summed E-state index contributed by atoms with van der Waals surface area (Å²) in [6.45, 7) is 0. The number of aromatic nitrogens is 3. The number of ether oxygens (including phenoxy) is 1. The number of halogens is 2. The van der Waals surface area contributed by atoms with Crippen LogP contribution in [0.25, 0.3) is 22.2 Å². The van der Waals surface area contributed by atoms with Crippen LogP contribution in [0.5, 0.6) is 5.75 Å². The molecule has 2 aromatic heterocycles. The molecular weight excluding hydrogens is 459 g/mol. The maximum Gasteiger partial charge on any atom is 0.182 e. The number of benzene rings is 2. The summed E-state index contributed by atoms with van der Waals surface area (Å²) in [5, 5.41) is 1.20. The number of nitrogen functional groups attached to an aromatic ring is 1. The van der Waals surface area contributed by atoms with Crippen LogP contribution >= 0.6 is 23.2 Å². The first-order valence-corrected chi connectivity index (χ1v) is 11.5. The second-order valence-corrected chi connectivity index (χ2v) is 9.72. The molecule has 0 aliphatic heterocycles. The predicted molar refractivity (Wildman–Crippen MR) is 122 cm³/mol. The lowest BCUT2D eigenvalue weighted by Gasteiger charge is -2.11. The molecule has 0 radical (unpaired) electrons. The average Bonchev–Trinajstić information content (AvgIpc) is 3.07. The van der Waals surface area contributed by atoms with E-state index in [0.29, 0.717) is 38.8 Å². The van der Waals surface area contributed by atoms with Gasteiger partial charge in [0.1, 0.15) is 23.5 Å². The van der Waals surface area contributed by atoms with Gasteiger partial charge >= 0.3 is 0 Å². The number of sulfone groups is 1. The zero-order valence-corrected chi connectivity index (χ0v) is 19.0. The summed E-state index contributed by atoms with van der Waals surface area (Å²) in [5.41, 5.74) is 8.58. The second-order valence-electron chi connectivity index (χ2n) is 6.95. The van der Waals surface area contributed by atoms with Crippen LogP contribution in [0.15, 0.2) is 53.8 Å². The maximum absolute atomic E-state index is 13.0. The topological polar surface area (TPSA) is 100 Å². The molecule has 0 atom stereocenters. The van der Waals surface area contributed by atoms with Crippen LogP contribution in [0.2, 0.25) is 10.0 Å². The predicted octanol–water partition coefficient (Wildman–Crippen LogP) is 4.51. The Hall–Kier alpha value is -2.81. The minimum absolute atomic E-state index is 0.0857. The van der Waals surface area contributed by atoms with Gasteiger partial charge in [-0.2, -0.15) is 0 Å². The van der Waals surface area contributed by atoms with Crippen molar-refractivity contribution in [2.24, 2.45) is 7.05 Å². The van der Waals surface area contributed by atoms with Crippen molar-refractivity contribution in [1.82, 2.24) is 14.5 Å². The van der Waals surface area contributed by atoms with E-state index in [-0.39, 0.29) is 15.7 Å². The molecule has 4 aromatic rings. The van der Waals surface area contributed by atoms with Gasteiger partial charge in [0.15, 0.2) is 9.84 Å². The molecule has 0 bridgehead atoms. The van der Waals surface area contributed by atoms with Crippen molar-refractivity contribution in [3.8, 4) is 16.9 Å². The zero-order chi connectivity index (χ0) is 22.3. The third-order valence-electron chi connectivity index (χ3n) is 4.98. The van der Waals surface area contributed by atoms with E-state index in [1.807, 2.05) is 23.9 Å². The molecule has 0 spiro atoms. The maximum atomic E-state index is 13.0. The molecule has 2 N–H and O–H groups in total. The summed E-state index contributed by atoms with van der Waals surface area (Å²) in [4.78, 5) is 8.43. The standard InChI is InChI=1S/C21H18Cl2N4O3S/c1-27-9-15(18-20(24)25-11-26-21(18)27)14-5-3-4-12(19(14)23)10-31(28,29)13-6-7-17(30-2)16(22)8-13/h3-9,11H,10H2,1-2H3,(H2,24,25,26). The number of aryl methyl sites for hydroxylation is 1. The molecule has 2 heterocycles. The molecule has 0 amide bonds. The van der Waals surface area contributed by atoms with Crippen molar-refractivity contribution in [3.63, 3.8) is 0 Å². The van der Waals surface area contributed by atoms with E-state index in [1.165, 1.54) is 31.6 Å². The molecule has 160 valence electrons. The van der Waals surface area contributed by atoms with E-state index in [4.69, 9.17) is 33.7 Å². The van der Waals surface area contributed by atoms with Crippen LogP contribution < -0.4 is 10.5 Å². The van der Waals surface area contributed by atoms with Gasteiger partial charge in [-0.05, 0) is 23.8 Å². The monoisotopic (exact) mass is 476 g/mol. The molecule has 0 unspecified atom stereocenters. The van der Waals surface area contributed by atoms with Gasteiger partial charge in [0.05, 0.1) is 33.2 Å². The van der Waals surface area contributed by atoms with Crippen LogP contribution in [0.1, 0.15) is 5.56 Å². The Morgan fingerprint density at radius 3 is 2.61 bits per heavy atom. The fourth-order valence-corrected chi connectivity index (χ4v) is 5.55. The number of fused-ring (bicyclic) bond motifs is 1. The number of rotatable bonds is 5. The van der Waals surface area contributed by atoms with Gasteiger partial charge in [-0.1, -0.05) is 41.4 Å². The Balaban J connectivity index is 1.78. The second kappa shape index (κ2) is 8.03. The summed E-state index contributed by atoms with van der Waals surface area (Å²) in [6, 6.07) is 9.60. The van der Waals surface area contributed by atoms with E-state index < -0.39 is 9.84 Å². The minimum atomic E-state index is -3.71. The molecular formula is C21H18Cl2N4O3S.